The average Bonchev–Trinajstić information content (AvgIpc) is 2.95. The number of methoxy groups -OCH3 is 2. The van der Waals surface area contributed by atoms with Crippen molar-refractivity contribution >= 4 is 35.0 Å². The van der Waals surface area contributed by atoms with Crippen LogP contribution in [0.15, 0.2) is 4.99 Å². The van der Waals surface area contributed by atoms with Gasteiger partial charge >= 0.3 is 11.9 Å². The van der Waals surface area contributed by atoms with E-state index in [2.05, 4.69) is 37.2 Å². The molecule has 51 heavy (non-hydrogen) atoms. The number of aliphatic imine (C=N–C) groups is 1. The van der Waals surface area contributed by atoms with Crippen LogP contribution in [0.2, 0.25) is 0 Å². The van der Waals surface area contributed by atoms with Crippen LogP contribution in [-0.4, -0.2) is 73.9 Å². The van der Waals surface area contributed by atoms with E-state index in [-0.39, 0.29) is 49.1 Å². The normalized spacial score (nSPS) is 38.2. The van der Waals surface area contributed by atoms with Crippen LogP contribution >= 0.6 is 0 Å². The number of carbonyl (C=O) groups is 5. The zero-order valence-corrected chi connectivity index (χ0v) is 32.6. The summed E-state index contributed by atoms with van der Waals surface area (Å²) in [5.74, 6) is -0.496. The van der Waals surface area contributed by atoms with Crippen LogP contribution in [0.1, 0.15) is 144 Å². The number of ether oxygens (including phenoxy) is 4. The van der Waals surface area contributed by atoms with E-state index in [1.165, 1.54) is 78.9 Å². The maximum atomic E-state index is 12.5. The first-order valence-corrected chi connectivity index (χ1v) is 18.9. The van der Waals surface area contributed by atoms with Crippen LogP contribution in [0.4, 0.5) is 0 Å². The van der Waals surface area contributed by atoms with E-state index in [9.17, 15) is 24.0 Å². The SMILES string of the molecule is CC12CC3CC(C)(C1)CC(N)(C3)C2.COCOC(=O)C(=O)CCC(C)=O.COCOC(=O)C(CCC(C)=O)=NC12CC3CC(C)(CC(C)(C3)C1)C2. The quantitative estimate of drug-likeness (QED) is 0.0970. The molecule has 8 bridgehead atoms. The summed E-state index contributed by atoms with van der Waals surface area (Å²) >= 11 is 0. The van der Waals surface area contributed by atoms with Crippen molar-refractivity contribution in [1.82, 2.24) is 0 Å². The van der Waals surface area contributed by atoms with E-state index in [4.69, 9.17) is 20.2 Å². The molecule has 8 rings (SSSR count). The number of rotatable bonds is 13. The van der Waals surface area contributed by atoms with Crippen molar-refractivity contribution in [2.24, 2.45) is 44.2 Å². The highest BCUT2D eigenvalue weighted by Crippen LogP contribution is 2.68. The monoisotopic (exact) mass is 716 g/mol. The van der Waals surface area contributed by atoms with Gasteiger partial charge in [-0.15, -0.1) is 0 Å². The van der Waals surface area contributed by atoms with Crippen LogP contribution in [0, 0.1) is 33.5 Å². The molecule has 0 aromatic carbocycles. The van der Waals surface area contributed by atoms with Crippen molar-refractivity contribution in [3.8, 4) is 0 Å². The second-order valence-corrected chi connectivity index (χ2v) is 18.9. The Hall–Kier alpha value is -2.50. The van der Waals surface area contributed by atoms with Crippen molar-refractivity contribution in [1.29, 1.82) is 0 Å². The molecule has 0 aliphatic heterocycles. The summed E-state index contributed by atoms with van der Waals surface area (Å²) in [5.41, 5.74) is 8.85. The van der Waals surface area contributed by atoms with E-state index in [0.29, 0.717) is 46.1 Å². The molecule has 11 heteroatoms. The van der Waals surface area contributed by atoms with Gasteiger partial charge < -0.3 is 34.3 Å². The molecule has 0 spiro atoms. The van der Waals surface area contributed by atoms with Gasteiger partial charge in [-0.25, -0.2) is 9.59 Å². The molecule has 4 unspecified atom stereocenters. The first kappa shape index (κ1) is 41.3. The number of ketones is 3. The molecule has 0 aromatic rings. The smallest absolute Gasteiger partial charge is 0.376 e. The maximum Gasteiger partial charge on any atom is 0.376 e. The number of hydrogen-bond acceptors (Lipinski definition) is 11. The number of Topliss-reactive ketones (excluding diaryl/α,β-unsaturated/α-hetero) is 3. The zero-order valence-electron chi connectivity index (χ0n) is 32.6. The van der Waals surface area contributed by atoms with Gasteiger partial charge in [0.1, 0.15) is 17.3 Å². The number of nitrogens with two attached hydrogens (primary N) is 1. The van der Waals surface area contributed by atoms with Gasteiger partial charge in [0.05, 0.1) is 5.54 Å². The molecule has 4 atom stereocenters. The van der Waals surface area contributed by atoms with Crippen LogP contribution in [-0.2, 0) is 42.9 Å². The van der Waals surface area contributed by atoms with Gasteiger partial charge in [-0.3, -0.25) is 9.79 Å². The Labute approximate surface area is 304 Å². The Kier molecular flexibility index (Phi) is 12.8. The highest BCUT2D eigenvalue weighted by atomic mass is 16.7. The predicted octanol–water partition coefficient (Wildman–Crippen LogP) is 6.46. The zero-order chi connectivity index (χ0) is 37.9. The molecule has 0 aromatic heterocycles. The predicted molar refractivity (Wildman–Crippen MR) is 193 cm³/mol. The van der Waals surface area contributed by atoms with Crippen molar-refractivity contribution in [3.05, 3.63) is 0 Å². The second-order valence-electron chi connectivity index (χ2n) is 18.9. The Bertz CT molecular complexity index is 1300. The van der Waals surface area contributed by atoms with E-state index in [1.807, 2.05) is 0 Å². The number of carbonyl (C=O) groups excluding carboxylic acids is 5. The minimum Gasteiger partial charge on any atom is -0.434 e. The molecule has 8 aliphatic carbocycles. The van der Waals surface area contributed by atoms with Crippen LogP contribution < -0.4 is 5.73 Å². The fraction of sp³-hybridized carbons (Fsp3) is 0.850. The van der Waals surface area contributed by atoms with Gasteiger partial charge in [-0.1, -0.05) is 27.7 Å². The lowest BCUT2D eigenvalue weighted by Gasteiger charge is -2.64. The van der Waals surface area contributed by atoms with E-state index in [0.717, 1.165) is 25.2 Å². The Morgan fingerprint density at radius 3 is 1.43 bits per heavy atom. The van der Waals surface area contributed by atoms with Crippen molar-refractivity contribution in [2.75, 3.05) is 27.8 Å². The molecular weight excluding hydrogens is 652 g/mol. The van der Waals surface area contributed by atoms with Gasteiger partial charge in [0.15, 0.2) is 13.6 Å². The highest BCUT2D eigenvalue weighted by molar-refractivity contribution is 6.36. The fourth-order valence-corrected chi connectivity index (χ4v) is 12.6. The molecule has 8 aliphatic rings. The Morgan fingerprint density at radius 1 is 0.588 bits per heavy atom. The van der Waals surface area contributed by atoms with Gasteiger partial charge in [0, 0.05) is 45.4 Å². The maximum absolute atomic E-state index is 12.5. The van der Waals surface area contributed by atoms with Gasteiger partial charge in [0.2, 0.25) is 5.78 Å². The summed E-state index contributed by atoms with van der Waals surface area (Å²) in [6.45, 7) is 12.3. The molecular formula is C40H64N2O9. The third kappa shape index (κ3) is 11.0. The van der Waals surface area contributed by atoms with Gasteiger partial charge in [-0.05, 0) is 124 Å². The molecule has 8 fully saturated rings. The Balaban J connectivity index is 0.000000189. The lowest BCUT2D eigenvalue weighted by atomic mass is 9.43. The second kappa shape index (κ2) is 15.8. The van der Waals surface area contributed by atoms with E-state index in [1.54, 1.807) is 6.92 Å². The number of nitrogens with zero attached hydrogens (tertiary/aromatic N) is 1. The van der Waals surface area contributed by atoms with E-state index >= 15 is 0 Å². The molecule has 8 saturated carbocycles. The van der Waals surface area contributed by atoms with Crippen molar-refractivity contribution in [3.63, 3.8) is 0 Å². The number of esters is 2. The number of hydrogen-bond donors (Lipinski definition) is 1. The van der Waals surface area contributed by atoms with Gasteiger partial charge in [-0.2, -0.15) is 0 Å². The summed E-state index contributed by atoms with van der Waals surface area (Å²) in [4.78, 5) is 61.0. The third-order valence-electron chi connectivity index (χ3n) is 12.1. The van der Waals surface area contributed by atoms with Crippen molar-refractivity contribution < 1.29 is 42.9 Å². The molecule has 0 heterocycles. The third-order valence-corrected chi connectivity index (χ3v) is 12.1. The lowest BCUT2D eigenvalue weighted by molar-refractivity contribution is -0.161. The molecule has 11 nitrogen and oxygen atoms in total. The highest BCUT2D eigenvalue weighted by Gasteiger charge is 2.61. The minimum absolute atomic E-state index is 0.0664. The summed E-state index contributed by atoms with van der Waals surface area (Å²) in [6.07, 6.45) is 15.9. The van der Waals surface area contributed by atoms with Crippen LogP contribution in [0.25, 0.3) is 0 Å². The molecule has 0 amide bonds. The topological polar surface area (TPSA) is 161 Å². The Morgan fingerprint density at radius 2 is 1.02 bits per heavy atom. The average molecular weight is 717 g/mol. The molecule has 2 N–H and O–H groups in total. The largest absolute Gasteiger partial charge is 0.434 e. The molecule has 0 radical (unpaired) electrons. The lowest BCUT2D eigenvalue weighted by Crippen LogP contribution is -2.62. The van der Waals surface area contributed by atoms with Gasteiger partial charge in [0.25, 0.3) is 0 Å². The summed E-state index contributed by atoms with van der Waals surface area (Å²) in [6, 6.07) is 0. The molecule has 0 saturated heterocycles. The summed E-state index contributed by atoms with van der Waals surface area (Å²) in [5, 5.41) is 0. The van der Waals surface area contributed by atoms with Crippen LogP contribution in [0.3, 0.4) is 0 Å². The van der Waals surface area contributed by atoms with Crippen LogP contribution in [0.5, 0.6) is 0 Å². The first-order valence-electron chi connectivity index (χ1n) is 18.9. The first-order chi connectivity index (χ1) is 23.6. The molecule has 288 valence electrons. The fourth-order valence-electron chi connectivity index (χ4n) is 12.6. The summed E-state index contributed by atoms with van der Waals surface area (Å²) in [7, 11) is 2.83. The van der Waals surface area contributed by atoms with Crippen molar-refractivity contribution in [2.45, 2.75) is 155 Å². The standard InChI is InChI=1S/C20H31NO4.C12H21N.C8H12O5/c1-14(22)5-6-16(17(23)25-13-24-4)21-20-9-15-7-18(2,11-20)10-19(3,8-15)12-20;1-10-3-9-4-11(2,6-10)8-12(13,5-9)7-10;1-6(9)3-4-7(10)8(11)13-5-12-2/h15H,5-13H2,1-4H3;9H,3-8,13H2,1-2H3;3-5H2,1-2H3. The van der Waals surface area contributed by atoms with E-state index < -0.39 is 17.7 Å². The summed E-state index contributed by atoms with van der Waals surface area (Å²) < 4.78 is 18.8. The minimum atomic E-state index is -0.955.